The first-order chi connectivity index (χ1) is 10.5. The molecule has 0 spiro atoms. The third-order valence-electron chi connectivity index (χ3n) is 3.45. The second-order valence-corrected chi connectivity index (χ2v) is 5.26. The van der Waals surface area contributed by atoms with Gasteiger partial charge in [-0.25, -0.2) is 13.6 Å². The van der Waals surface area contributed by atoms with Crippen molar-refractivity contribution >= 4 is 6.09 Å². The van der Waals surface area contributed by atoms with Crippen molar-refractivity contribution in [2.24, 2.45) is 0 Å². The molecule has 0 aliphatic carbocycles. The third-order valence-corrected chi connectivity index (χ3v) is 3.45. The van der Waals surface area contributed by atoms with Crippen LogP contribution in [0.2, 0.25) is 0 Å². The van der Waals surface area contributed by atoms with E-state index in [0.717, 1.165) is 17.7 Å². The lowest BCUT2D eigenvalue weighted by atomic mass is 10.1. The first kappa shape index (κ1) is 14.4. The lowest BCUT2D eigenvalue weighted by molar-refractivity contribution is 0.137. The van der Waals surface area contributed by atoms with Crippen LogP contribution in [0, 0.1) is 11.6 Å². The Bertz CT molecular complexity index is 704. The molecular weight excluding hydrogens is 290 g/mol. The van der Waals surface area contributed by atoms with Gasteiger partial charge in [-0.3, -0.25) is 4.98 Å². The lowest BCUT2D eigenvalue weighted by Gasteiger charge is -2.12. The summed E-state index contributed by atoms with van der Waals surface area (Å²) in [6.45, 7) is 2.79. The Morgan fingerprint density at radius 2 is 2.09 bits per heavy atom. The fourth-order valence-corrected chi connectivity index (χ4v) is 2.36. The molecule has 1 atom stereocenters. The summed E-state index contributed by atoms with van der Waals surface area (Å²) in [5.74, 6) is -1.79. The maximum absolute atomic E-state index is 13.2. The predicted octanol–water partition coefficient (Wildman–Crippen LogP) is 3.37. The Hall–Kier alpha value is -2.50. The molecular formula is C16H14F2N2O2. The number of hydrogen-bond acceptors (Lipinski definition) is 3. The van der Waals surface area contributed by atoms with Gasteiger partial charge in [0.15, 0.2) is 11.6 Å². The average Bonchev–Trinajstić information content (AvgIpc) is 2.81. The fourth-order valence-electron chi connectivity index (χ4n) is 2.36. The van der Waals surface area contributed by atoms with Gasteiger partial charge in [0.25, 0.3) is 0 Å². The van der Waals surface area contributed by atoms with E-state index in [4.69, 9.17) is 4.74 Å². The van der Waals surface area contributed by atoms with Gasteiger partial charge in [-0.2, -0.15) is 0 Å². The maximum Gasteiger partial charge on any atom is 0.410 e. The summed E-state index contributed by atoms with van der Waals surface area (Å²) in [6.07, 6.45) is 1.17. The summed E-state index contributed by atoms with van der Waals surface area (Å²) in [4.78, 5) is 17.4. The van der Waals surface area contributed by atoms with Gasteiger partial charge in [-0.1, -0.05) is 6.07 Å². The molecule has 1 aromatic heterocycles. The number of hydrogen-bond donors (Lipinski definition) is 0. The van der Waals surface area contributed by atoms with Crippen LogP contribution in [0.25, 0.3) is 11.3 Å². The van der Waals surface area contributed by atoms with E-state index >= 15 is 0 Å². The van der Waals surface area contributed by atoms with Crippen molar-refractivity contribution in [1.29, 1.82) is 0 Å². The highest BCUT2D eigenvalue weighted by molar-refractivity contribution is 5.69. The van der Waals surface area contributed by atoms with E-state index in [1.54, 1.807) is 23.2 Å². The third kappa shape index (κ3) is 2.90. The van der Waals surface area contributed by atoms with Crippen molar-refractivity contribution in [2.45, 2.75) is 19.6 Å². The Morgan fingerprint density at radius 1 is 1.27 bits per heavy atom. The van der Waals surface area contributed by atoms with Gasteiger partial charge < -0.3 is 9.64 Å². The minimum Gasteiger partial charge on any atom is -0.444 e. The van der Waals surface area contributed by atoms with Gasteiger partial charge in [0, 0.05) is 11.8 Å². The van der Waals surface area contributed by atoms with Crippen molar-refractivity contribution in [3.05, 3.63) is 53.7 Å². The van der Waals surface area contributed by atoms with Crippen molar-refractivity contribution < 1.29 is 18.3 Å². The van der Waals surface area contributed by atoms with Gasteiger partial charge >= 0.3 is 6.09 Å². The molecule has 0 radical (unpaired) electrons. The number of benzene rings is 1. The van der Waals surface area contributed by atoms with Crippen LogP contribution in [0.3, 0.4) is 0 Å². The summed E-state index contributed by atoms with van der Waals surface area (Å²) >= 11 is 0. The number of nitrogens with zero attached hydrogens (tertiary/aromatic N) is 2. The number of halogens is 2. The molecule has 1 aromatic carbocycles. The Kier molecular flexibility index (Phi) is 3.75. The van der Waals surface area contributed by atoms with E-state index in [9.17, 15) is 13.6 Å². The van der Waals surface area contributed by atoms with Crippen molar-refractivity contribution in [3.8, 4) is 11.3 Å². The quantitative estimate of drug-likeness (QED) is 0.873. The molecule has 0 unspecified atom stereocenters. The van der Waals surface area contributed by atoms with Crippen LogP contribution >= 0.6 is 0 Å². The van der Waals surface area contributed by atoms with Gasteiger partial charge in [-0.15, -0.1) is 0 Å². The monoisotopic (exact) mass is 304 g/mol. The summed E-state index contributed by atoms with van der Waals surface area (Å²) in [5.41, 5.74) is 1.89. The van der Waals surface area contributed by atoms with Gasteiger partial charge in [-0.05, 0) is 36.8 Å². The molecule has 1 fully saturated rings. The second-order valence-electron chi connectivity index (χ2n) is 5.26. The zero-order chi connectivity index (χ0) is 15.7. The number of amides is 1. The van der Waals surface area contributed by atoms with Gasteiger partial charge in [0.1, 0.15) is 6.10 Å². The van der Waals surface area contributed by atoms with E-state index in [0.29, 0.717) is 24.3 Å². The Balaban J connectivity index is 1.75. The SMILES string of the molecule is C[C@@H]1CN(Cc2ccc(-c3ccc(F)c(F)c3)nc2)C(=O)O1. The van der Waals surface area contributed by atoms with Crippen LogP contribution in [0.1, 0.15) is 12.5 Å². The number of cyclic esters (lactones) is 1. The predicted molar refractivity (Wildman–Crippen MR) is 75.9 cm³/mol. The second kappa shape index (κ2) is 5.71. The first-order valence-electron chi connectivity index (χ1n) is 6.89. The number of aromatic nitrogens is 1. The van der Waals surface area contributed by atoms with E-state index in [2.05, 4.69) is 4.98 Å². The number of rotatable bonds is 3. The number of carbonyl (C=O) groups excluding carboxylic acids is 1. The molecule has 0 N–H and O–H groups in total. The normalized spacial score (nSPS) is 17.7. The molecule has 6 heteroatoms. The summed E-state index contributed by atoms with van der Waals surface area (Å²) in [6, 6.07) is 7.17. The van der Waals surface area contributed by atoms with Gasteiger partial charge in [0.05, 0.1) is 18.8 Å². The summed E-state index contributed by atoms with van der Waals surface area (Å²) in [5, 5.41) is 0. The molecule has 4 nitrogen and oxygen atoms in total. The Labute approximate surface area is 126 Å². The van der Waals surface area contributed by atoms with Crippen LogP contribution in [0.4, 0.5) is 13.6 Å². The molecule has 3 rings (SSSR count). The Morgan fingerprint density at radius 3 is 2.68 bits per heavy atom. The zero-order valence-corrected chi connectivity index (χ0v) is 11.9. The van der Waals surface area contributed by atoms with E-state index in [-0.39, 0.29) is 12.2 Å². The average molecular weight is 304 g/mol. The standard InChI is InChI=1S/C16H14F2N2O2/c1-10-8-20(16(21)22-10)9-11-2-5-15(19-7-11)12-3-4-13(17)14(18)6-12/h2-7,10H,8-9H2,1H3/t10-/m1/s1. The number of pyridine rings is 1. The minimum absolute atomic E-state index is 0.109. The van der Waals surface area contributed by atoms with Crippen molar-refractivity contribution in [1.82, 2.24) is 9.88 Å². The topological polar surface area (TPSA) is 42.4 Å². The van der Waals surface area contributed by atoms with Crippen molar-refractivity contribution in [3.63, 3.8) is 0 Å². The van der Waals surface area contributed by atoms with Crippen LogP contribution in [0.5, 0.6) is 0 Å². The number of carbonyl (C=O) groups is 1. The molecule has 2 heterocycles. The molecule has 1 saturated heterocycles. The molecule has 0 bridgehead atoms. The van der Waals surface area contributed by atoms with E-state index < -0.39 is 11.6 Å². The molecule has 114 valence electrons. The highest BCUT2D eigenvalue weighted by Gasteiger charge is 2.27. The number of ether oxygens (including phenoxy) is 1. The van der Waals surface area contributed by atoms with Crippen LogP contribution in [0.15, 0.2) is 36.5 Å². The zero-order valence-electron chi connectivity index (χ0n) is 11.9. The largest absolute Gasteiger partial charge is 0.444 e. The fraction of sp³-hybridized carbons (Fsp3) is 0.250. The molecule has 22 heavy (non-hydrogen) atoms. The van der Waals surface area contributed by atoms with Crippen LogP contribution < -0.4 is 0 Å². The smallest absolute Gasteiger partial charge is 0.410 e. The molecule has 0 saturated carbocycles. The molecule has 1 aliphatic rings. The summed E-state index contributed by atoms with van der Waals surface area (Å²) in [7, 11) is 0. The van der Waals surface area contributed by atoms with Gasteiger partial charge in [0.2, 0.25) is 0 Å². The highest BCUT2D eigenvalue weighted by atomic mass is 19.2. The molecule has 1 aliphatic heterocycles. The minimum atomic E-state index is -0.905. The highest BCUT2D eigenvalue weighted by Crippen LogP contribution is 2.21. The lowest BCUT2D eigenvalue weighted by Crippen LogP contribution is -2.24. The molecule has 1 amide bonds. The summed E-state index contributed by atoms with van der Waals surface area (Å²) < 4.78 is 31.2. The maximum atomic E-state index is 13.2. The van der Waals surface area contributed by atoms with E-state index in [1.165, 1.54) is 6.07 Å². The van der Waals surface area contributed by atoms with Crippen molar-refractivity contribution in [2.75, 3.05) is 6.54 Å². The first-order valence-corrected chi connectivity index (χ1v) is 6.89. The van der Waals surface area contributed by atoms with Crippen LogP contribution in [-0.2, 0) is 11.3 Å². The van der Waals surface area contributed by atoms with Crippen LogP contribution in [-0.4, -0.2) is 28.6 Å². The molecule has 2 aromatic rings. The van der Waals surface area contributed by atoms with E-state index in [1.807, 2.05) is 6.92 Å².